The van der Waals surface area contributed by atoms with E-state index in [1.165, 1.54) is 37.8 Å². The van der Waals surface area contributed by atoms with Crippen LogP contribution in [-0.4, -0.2) is 35.7 Å². The van der Waals surface area contributed by atoms with Gasteiger partial charge in [-0.05, 0) is 57.7 Å². The lowest BCUT2D eigenvalue weighted by Crippen LogP contribution is -2.44. The van der Waals surface area contributed by atoms with Crippen LogP contribution in [0.2, 0.25) is 0 Å². The molecule has 3 atom stereocenters. The molecule has 2 fully saturated rings. The van der Waals surface area contributed by atoms with Crippen LogP contribution in [0, 0.1) is 11.7 Å². The molecule has 2 heterocycles. The normalized spacial score (nSPS) is 28.7. The second-order valence-electron chi connectivity index (χ2n) is 6.48. The molecule has 3 nitrogen and oxygen atoms in total. The van der Waals surface area contributed by atoms with E-state index in [1.807, 2.05) is 0 Å². The number of piperidine rings is 1. The van der Waals surface area contributed by atoms with E-state index in [4.69, 9.17) is 0 Å². The summed E-state index contributed by atoms with van der Waals surface area (Å²) >= 11 is 0. The summed E-state index contributed by atoms with van der Waals surface area (Å²) in [7, 11) is 0. The number of hydrogen-bond donors (Lipinski definition) is 2. The Kier molecular flexibility index (Phi) is 4.45. The topological polar surface area (TPSA) is 35.5 Å². The highest BCUT2D eigenvalue weighted by Crippen LogP contribution is 2.33. The maximum absolute atomic E-state index is 13.1. The van der Waals surface area contributed by atoms with Gasteiger partial charge in [-0.2, -0.15) is 0 Å². The molecule has 2 aliphatic rings. The fraction of sp³-hybridized carbons (Fsp3) is 0.647. The summed E-state index contributed by atoms with van der Waals surface area (Å²) in [5.41, 5.74) is 0.830. The molecule has 3 rings (SSSR count). The molecule has 0 radical (unpaired) electrons. The predicted molar refractivity (Wildman–Crippen MR) is 81.8 cm³/mol. The fourth-order valence-corrected chi connectivity index (χ4v) is 3.90. The van der Waals surface area contributed by atoms with Crippen molar-refractivity contribution >= 4 is 0 Å². The summed E-state index contributed by atoms with van der Waals surface area (Å²) in [6.45, 7) is 5.38. The Labute approximate surface area is 126 Å². The predicted octanol–water partition coefficient (Wildman–Crippen LogP) is 3.06. The number of aromatic hydroxyl groups is 1. The standard InChI is InChI=1S/C17H25FN2O/c1-12(15-7-6-14(18)10-17(15)21)20-9-3-4-13(11-20)16-5-2-8-19-16/h6-7,10,12-13,16,19,21H,2-5,8-9,11H2,1H3. The lowest BCUT2D eigenvalue weighted by Gasteiger charge is -2.39. The molecule has 0 spiro atoms. The molecule has 1 aromatic carbocycles. The van der Waals surface area contributed by atoms with Crippen LogP contribution in [-0.2, 0) is 0 Å². The van der Waals surface area contributed by atoms with Crippen molar-refractivity contribution in [3.63, 3.8) is 0 Å². The first-order valence-corrected chi connectivity index (χ1v) is 8.11. The number of nitrogens with one attached hydrogen (secondary N) is 1. The minimum Gasteiger partial charge on any atom is -0.508 e. The molecule has 21 heavy (non-hydrogen) atoms. The van der Waals surface area contributed by atoms with Crippen LogP contribution in [0.4, 0.5) is 4.39 Å². The molecular formula is C17H25FN2O. The van der Waals surface area contributed by atoms with Gasteiger partial charge >= 0.3 is 0 Å². The number of benzene rings is 1. The Bertz CT molecular complexity index is 488. The number of halogens is 1. The summed E-state index contributed by atoms with van der Waals surface area (Å²) in [6.07, 6.45) is 5.07. The Balaban J connectivity index is 1.70. The van der Waals surface area contributed by atoms with E-state index in [-0.39, 0.29) is 17.6 Å². The van der Waals surface area contributed by atoms with Crippen molar-refractivity contribution in [2.24, 2.45) is 5.92 Å². The van der Waals surface area contributed by atoms with Crippen molar-refractivity contribution < 1.29 is 9.50 Å². The highest BCUT2D eigenvalue weighted by Gasteiger charge is 2.31. The Morgan fingerprint density at radius 3 is 2.90 bits per heavy atom. The smallest absolute Gasteiger partial charge is 0.126 e. The number of likely N-dealkylation sites (tertiary alicyclic amines) is 1. The van der Waals surface area contributed by atoms with Gasteiger partial charge in [0, 0.05) is 30.3 Å². The molecule has 4 heteroatoms. The number of rotatable bonds is 3. The molecule has 0 bridgehead atoms. The number of nitrogens with zero attached hydrogens (tertiary/aromatic N) is 1. The third-order valence-electron chi connectivity index (χ3n) is 5.15. The van der Waals surface area contributed by atoms with E-state index < -0.39 is 0 Å². The van der Waals surface area contributed by atoms with Gasteiger partial charge in [-0.15, -0.1) is 0 Å². The Hall–Kier alpha value is -1.13. The summed E-state index contributed by atoms with van der Waals surface area (Å²) in [6, 6.07) is 5.15. The maximum atomic E-state index is 13.1. The first-order chi connectivity index (χ1) is 10.1. The molecule has 2 saturated heterocycles. The Morgan fingerprint density at radius 2 is 2.19 bits per heavy atom. The van der Waals surface area contributed by atoms with Crippen molar-refractivity contribution in [2.75, 3.05) is 19.6 Å². The second kappa shape index (κ2) is 6.32. The van der Waals surface area contributed by atoms with Gasteiger partial charge in [0.25, 0.3) is 0 Å². The van der Waals surface area contributed by atoms with Crippen molar-refractivity contribution in [1.82, 2.24) is 10.2 Å². The van der Waals surface area contributed by atoms with Gasteiger partial charge in [0.1, 0.15) is 11.6 Å². The van der Waals surface area contributed by atoms with E-state index >= 15 is 0 Å². The summed E-state index contributed by atoms with van der Waals surface area (Å²) in [5.74, 6) is 0.394. The van der Waals surface area contributed by atoms with Gasteiger partial charge in [0.15, 0.2) is 0 Å². The van der Waals surface area contributed by atoms with E-state index in [0.717, 1.165) is 25.2 Å². The lowest BCUT2D eigenvalue weighted by atomic mass is 9.88. The van der Waals surface area contributed by atoms with Crippen molar-refractivity contribution in [1.29, 1.82) is 0 Å². The molecule has 2 aliphatic heterocycles. The molecule has 0 amide bonds. The van der Waals surface area contributed by atoms with Crippen molar-refractivity contribution in [3.8, 4) is 5.75 Å². The van der Waals surface area contributed by atoms with Crippen molar-refractivity contribution in [3.05, 3.63) is 29.6 Å². The lowest BCUT2D eigenvalue weighted by molar-refractivity contribution is 0.113. The molecule has 0 saturated carbocycles. The molecular weight excluding hydrogens is 267 g/mol. The molecule has 1 aromatic rings. The highest BCUT2D eigenvalue weighted by atomic mass is 19.1. The van der Waals surface area contributed by atoms with E-state index in [9.17, 15) is 9.50 Å². The summed E-state index contributed by atoms with van der Waals surface area (Å²) in [4.78, 5) is 2.43. The molecule has 0 aromatic heterocycles. The number of hydrogen-bond acceptors (Lipinski definition) is 3. The SMILES string of the molecule is CC(c1ccc(F)cc1O)N1CCCC(C2CCCN2)C1. The van der Waals surface area contributed by atoms with Crippen molar-refractivity contribution in [2.45, 2.75) is 44.7 Å². The van der Waals surface area contributed by atoms with Crippen LogP contribution in [0.3, 0.4) is 0 Å². The summed E-state index contributed by atoms with van der Waals surface area (Å²) in [5, 5.41) is 13.6. The number of phenolic OH excluding ortho intramolecular Hbond substituents is 1. The van der Waals surface area contributed by atoms with Crippen LogP contribution in [0.15, 0.2) is 18.2 Å². The number of phenols is 1. The zero-order valence-electron chi connectivity index (χ0n) is 12.7. The monoisotopic (exact) mass is 292 g/mol. The van der Waals surface area contributed by atoms with Gasteiger partial charge in [-0.1, -0.05) is 6.07 Å². The van der Waals surface area contributed by atoms with Gasteiger partial charge in [0.2, 0.25) is 0 Å². The van der Waals surface area contributed by atoms with Gasteiger partial charge in [0.05, 0.1) is 0 Å². The minimum absolute atomic E-state index is 0.0728. The van der Waals surface area contributed by atoms with Crippen LogP contribution in [0.1, 0.15) is 44.2 Å². The van der Waals surface area contributed by atoms with Gasteiger partial charge in [-0.25, -0.2) is 4.39 Å². The zero-order valence-corrected chi connectivity index (χ0v) is 12.7. The van der Waals surface area contributed by atoms with E-state index in [2.05, 4.69) is 17.1 Å². The summed E-state index contributed by atoms with van der Waals surface area (Å²) < 4.78 is 13.1. The van der Waals surface area contributed by atoms with Crippen LogP contribution in [0.25, 0.3) is 0 Å². The minimum atomic E-state index is -0.380. The average molecular weight is 292 g/mol. The molecule has 3 unspecified atom stereocenters. The van der Waals surface area contributed by atoms with Gasteiger partial charge < -0.3 is 10.4 Å². The van der Waals surface area contributed by atoms with E-state index in [0.29, 0.717) is 12.0 Å². The fourth-order valence-electron chi connectivity index (χ4n) is 3.90. The first-order valence-electron chi connectivity index (χ1n) is 8.11. The van der Waals surface area contributed by atoms with E-state index in [1.54, 1.807) is 6.07 Å². The Morgan fingerprint density at radius 1 is 1.33 bits per heavy atom. The molecule has 0 aliphatic carbocycles. The molecule has 2 N–H and O–H groups in total. The third-order valence-corrected chi connectivity index (χ3v) is 5.15. The second-order valence-corrected chi connectivity index (χ2v) is 6.48. The van der Waals surface area contributed by atoms with Crippen LogP contribution < -0.4 is 5.32 Å². The van der Waals surface area contributed by atoms with Crippen LogP contribution in [0.5, 0.6) is 5.75 Å². The highest BCUT2D eigenvalue weighted by molar-refractivity contribution is 5.35. The largest absolute Gasteiger partial charge is 0.508 e. The quantitative estimate of drug-likeness (QED) is 0.899. The zero-order chi connectivity index (χ0) is 14.8. The average Bonchev–Trinajstić information content (AvgIpc) is 3.01. The van der Waals surface area contributed by atoms with Crippen LogP contribution >= 0.6 is 0 Å². The maximum Gasteiger partial charge on any atom is 0.126 e. The molecule has 116 valence electrons. The first kappa shape index (κ1) is 14.8. The third kappa shape index (κ3) is 3.22. The van der Waals surface area contributed by atoms with Gasteiger partial charge in [-0.3, -0.25) is 4.90 Å².